The molecular formula is C9H15N3O2. The van der Waals surface area contributed by atoms with Crippen molar-refractivity contribution < 1.29 is 9.53 Å². The number of hydrogen-bond acceptors (Lipinski definition) is 4. The molecule has 0 aromatic carbocycles. The number of carbonyl (C=O) groups excluding carboxylic acids is 1. The fourth-order valence-electron chi connectivity index (χ4n) is 1.45. The van der Waals surface area contributed by atoms with Crippen molar-refractivity contribution in [3.8, 4) is 0 Å². The molecule has 1 rings (SSSR count). The highest BCUT2D eigenvalue weighted by Gasteiger charge is 2.17. The second kappa shape index (κ2) is 4.23. The molecule has 0 aliphatic carbocycles. The van der Waals surface area contributed by atoms with Crippen LogP contribution >= 0.6 is 0 Å². The van der Waals surface area contributed by atoms with Crippen LogP contribution in [0.25, 0.3) is 0 Å². The fraction of sp³-hybridized carbons (Fsp3) is 0.556. The molecule has 78 valence electrons. The SMILES string of the molecule is COC(=O)CC(N)c1c(C)cnn1C. The van der Waals surface area contributed by atoms with Gasteiger partial charge in [-0.25, -0.2) is 0 Å². The molecule has 1 aromatic heterocycles. The molecule has 1 aromatic rings. The normalized spacial score (nSPS) is 12.6. The summed E-state index contributed by atoms with van der Waals surface area (Å²) in [6.45, 7) is 1.92. The van der Waals surface area contributed by atoms with E-state index in [2.05, 4.69) is 9.84 Å². The van der Waals surface area contributed by atoms with Crippen molar-refractivity contribution in [3.05, 3.63) is 17.5 Å². The summed E-state index contributed by atoms with van der Waals surface area (Å²) in [5, 5.41) is 4.05. The Morgan fingerprint density at radius 2 is 2.43 bits per heavy atom. The highest BCUT2D eigenvalue weighted by molar-refractivity contribution is 5.70. The zero-order valence-corrected chi connectivity index (χ0v) is 8.65. The molecule has 5 heteroatoms. The Labute approximate surface area is 82.8 Å². The van der Waals surface area contributed by atoms with Gasteiger partial charge in [0.15, 0.2) is 0 Å². The molecule has 0 aliphatic heterocycles. The molecule has 1 atom stereocenters. The van der Waals surface area contributed by atoms with Gasteiger partial charge in [-0.1, -0.05) is 0 Å². The molecule has 0 saturated carbocycles. The predicted octanol–water partition coefficient (Wildman–Crippen LogP) is 0.291. The highest BCUT2D eigenvalue weighted by atomic mass is 16.5. The van der Waals surface area contributed by atoms with E-state index in [0.29, 0.717) is 0 Å². The average Bonchev–Trinajstić information content (AvgIpc) is 2.46. The van der Waals surface area contributed by atoms with Gasteiger partial charge in [0.1, 0.15) is 0 Å². The lowest BCUT2D eigenvalue weighted by Gasteiger charge is -2.11. The zero-order chi connectivity index (χ0) is 10.7. The van der Waals surface area contributed by atoms with Gasteiger partial charge in [-0.2, -0.15) is 5.10 Å². The summed E-state index contributed by atoms with van der Waals surface area (Å²) in [5.41, 5.74) is 7.72. The first-order valence-electron chi connectivity index (χ1n) is 4.37. The van der Waals surface area contributed by atoms with Gasteiger partial charge < -0.3 is 10.5 Å². The van der Waals surface area contributed by atoms with Gasteiger partial charge in [0.2, 0.25) is 0 Å². The van der Waals surface area contributed by atoms with Gasteiger partial charge in [-0.05, 0) is 12.5 Å². The van der Waals surface area contributed by atoms with Crippen molar-refractivity contribution in [1.29, 1.82) is 0 Å². The minimum absolute atomic E-state index is 0.177. The predicted molar refractivity (Wildman–Crippen MR) is 51.5 cm³/mol. The number of carbonyl (C=O) groups is 1. The van der Waals surface area contributed by atoms with Gasteiger partial charge in [0, 0.05) is 7.05 Å². The molecule has 1 unspecified atom stereocenters. The molecule has 0 radical (unpaired) electrons. The maximum Gasteiger partial charge on any atom is 0.307 e. The molecule has 1 heterocycles. The molecule has 14 heavy (non-hydrogen) atoms. The van der Waals surface area contributed by atoms with E-state index in [1.54, 1.807) is 17.9 Å². The molecule has 0 amide bonds. The second-order valence-corrected chi connectivity index (χ2v) is 3.22. The molecule has 5 nitrogen and oxygen atoms in total. The van der Waals surface area contributed by atoms with Crippen LogP contribution in [0.2, 0.25) is 0 Å². The lowest BCUT2D eigenvalue weighted by Crippen LogP contribution is -2.20. The van der Waals surface area contributed by atoms with Crippen molar-refractivity contribution in [2.75, 3.05) is 7.11 Å². The fourth-order valence-corrected chi connectivity index (χ4v) is 1.45. The molecule has 2 N–H and O–H groups in total. The van der Waals surface area contributed by atoms with E-state index in [9.17, 15) is 4.79 Å². The van der Waals surface area contributed by atoms with Gasteiger partial charge in [0.25, 0.3) is 0 Å². The van der Waals surface area contributed by atoms with Crippen molar-refractivity contribution in [2.24, 2.45) is 12.8 Å². The minimum Gasteiger partial charge on any atom is -0.469 e. The molecular weight excluding hydrogens is 182 g/mol. The third kappa shape index (κ3) is 2.11. The monoisotopic (exact) mass is 197 g/mol. The largest absolute Gasteiger partial charge is 0.469 e. The third-order valence-electron chi connectivity index (χ3n) is 2.14. The number of ether oxygens (including phenoxy) is 1. The van der Waals surface area contributed by atoms with Crippen molar-refractivity contribution in [3.63, 3.8) is 0 Å². The lowest BCUT2D eigenvalue weighted by molar-refractivity contribution is -0.141. The number of hydrogen-bond donors (Lipinski definition) is 1. The third-order valence-corrected chi connectivity index (χ3v) is 2.14. The van der Waals surface area contributed by atoms with Crippen LogP contribution in [0.1, 0.15) is 23.7 Å². The van der Waals surface area contributed by atoms with E-state index >= 15 is 0 Å². The van der Waals surface area contributed by atoms with E-state index < -0.39 is 0 Å². The Bertz CT molecular complexity index is 313. The minimum atomic E-state index is -0.352. The number of aromatic nitrogens is 2. The van der Waals surface area contributed by atoms with E-state index in [1.165, 1.54) is 7.11 Å². The summed E-state index contributed by atoms with van der Waals surface area (Å²) in [5.74, 6) is -0.307. The summed E-state index contributed by atoms with van der Waals surface area (Å²) in [7, 11) is 3.16. The van der Waals surface area contributed by atoms with Crippen LogP contribution in [0.4, 0.5) is 0 Å². The van der Waals surface area contributed by atoms with Crippen LogP contribution in [0, 0.1) is 6.92 Å². The van der Waals surface area contributed by atoms with Crippen LogP contribution in [-0.2, 0) is 16.6 Å². The van der Waals surface area contributed by atoms with Crippen LogP contribution in [0.3, 0.4) is 0 Å². The highest BCUT2D eigenvalue weighted by Crippen LogP contribution is 2.17. The number of nitrogens with zero attached hydrogens (tertiary/aromatic N) is 2. The van der Waals surface area contributed by atoms with Gasteiger partial charge in [-0.15, -0.1) is 0 Å². The Morgan fingerprint density at radius 1 is 1.79 bits per heavy atom. The van der Waals surface area contributed by atoms with E-state index in [1.807, 2.05) is 6.92 Å². The molecule has 0 saturated heterocycles. The van der Waals surface area contributed by atoms with Crippen LogP contribution in [-0.4, -0.2) is 22.9 Å². The number of methoxy groups -OCH3 is 1. The Kier molecular flexibility index (Phi) is 3.24. The van der Waals surface area contributed by atoms with Crippen molar-refractivity contribution >= 4 is 5.97 Å². The molecule has 0 fully saturated rings. The topological polar surface area (TPSA) is 70.1 Å². The maximum atomic E-state index is 11.0. The standard InChI is InChI=1S/C9H15N3O2/c1-6-5-11-12(2)9(6)7(10)4-8(13)14-3/h5,7H,4,10H2,1-3H3. The maximum absolute atomic E-state index is 11.0. The first-order chi connectivity index (χ1) is 6.56. The first-order valence-corrected chi connectivity index (χ1v) is 4.37. The molecule has 0 bridgehead atoms. The number of rotatable bonds is 3. The summed E-state index contributed by atoms with van der Waals surface area (Å²) >= 11 is 0. The smallest absolute Gasteiger partial charge is 0.307 e. The molecule has 0 spiro atoms. The first kappa shape index (κ1) is 10.7. The van der Waals surface area contributed by atoms with Crippen LogP contribution in [0.15, 0.2) is 6.20 Å². The number of aryl methyl sites for hydroxylation is 2. The quantitative estimate of drug-likeness (QED) is 0.707. The van der Waals surface area contributed by atoms with E-state index in [0.717, 1.165) is 11.3 Å². The zero-order valence-electron chi connectivity index (χ0n) is 8.65. The summed E-state index contributed by atoms with van der Waals surface area (Å²) in [6, 6.07) is -0.352. The van der Waals surface area contributed by atoms with Crippen molar-refractivity contribution in [1.82, 2.24) is 9.78 Å². The second-order valence-electron chi connectivity index (χ2n) is 3.22. The van der Waals surface area contributed by atoms with E-state index in [4.69, 9.17) is 5.73 Å². The van der Waals surface area contributed by atoms with Crippen molar-refractivity contribution in [2.45, 2.75) is 19.4 Å². The number of esters is 1. The van der Waals surface area contributed by atoms with Gasteiger partial charge >= 0.3 is 5.97 Å². The molecule has 0 aliphatic rings. The van der Waals surface area contributed by atoms with E-state index in [-0.39, 0.29) is 18.4 Å². The number of nitrogens with two attached hydrogens (primary N) is 1. The Hall–Kier alpha value is -1.36. The van der Waals surface area contributed by atoms with Crippen LogP contribution < -0.4 is 5.73 Å². The van der Waals surface area contributed by atoms with Gasteiger partial charge in [-0.3, -0.25) is 9.48 Å². The van der Waals surface area contributed by atoms with Gasteiger partial charge in [0.05, 0.1) is 31.5 Å². The average molecular weight is 197 g/mol. The summed E-state index contributed by atoms with van der Waals surface area (Å²) in [4.78, 5) is 11.0. The Morgan fingerprint density at radius 3 is 2.86 bits per heavy atom. The summed E-state index contributed by atoms with van der Waals surface area (Å²) in [6.07, 6.45) is 1.91. The Balaban J connectivity index is 2.78. The lowest BCUT2D eigenvalue weighted by atomic mass is 10.1. The summed E-state index contributed by atoms with van der Waals surface area (Å²) < 4.78 is 6.23. The van der Waals surface area contributed by atoms with Crippen LogP contribution in [0.5, 0.6) is 0 Å².